The summed E-state index contributed by atoms with van der Waals surface area (Å²) >= 11 is 0.552. The third kappa shape index (κ3) is 5.44. The van der Waals surface area contributed by atoms with Crippen LogP contribution in [0.3, 0.4) is 0 Å². The number of nitrogens with one attached hydrogen (secondary N) is 1. The molecule has 2 nitrogen and oxygen atoms in total. The molecular weight excluding hydrogens is 232 g/mol. The topological polar surface area (TPSA) is 32.3 Å². The molecule has 0 amide bonds. The lowest BCUT2D eigenvalue weighted by Crippen LogP contribution is -2.15. The van der Waals surface area contributed by atoms with Crippen molar-refractivity contribution in [2.45, 2.75) is 23.6 Å². The first-order valence-electron chi connectivity index (χ1n) is 5.07. The van der Waals surface area contributed by atoms with Crippen LogP contribution >= 0.6 is 11.8 Å². The van der Waals surface area contributed by atoms with Crippen molar-refractivity contribution in [1.82, 2.24) is 5.32 Å². The van der Waals surface area contributed by atoms with Crippen LogP contribution in [0.2, 0.25) is 0 Å². The fourth-order valence-corrected chi connectivity index (χ4v) is 1.72. The zero-order valence-corrected chi connectivity index (χ0v) is 9.64. The van der Waals surface area contributed by atoms with Crippen LogP contribution in [0.1, 0.15) is 12.0 Å². The van der Waals surface area contributed by atoms with Crippen molar-refractivity contribution in [3.63, 3.8) is 0 Å². The number of aliphatic hydroxyl groups excluding tert-OH is 1. The van der Waals surface area contributed by atoms with Crippen LogP contribution in [0.5, 0.6) is 0 Å². The van der Waals surface area contributed by atoms with Crippen molar-refractivity contribution < 1.29 is 13.9 Å². The predicted octanol–water partition coefficient (Wildman–Crippen LogP) is 2.47. The summed E-state index contributed by atoms with van der Waals surface area (Å²) in [7, 11) is 0. The first-order valence-corrected chi connectivity index (χ1v) is 5.95. The monoisotopic (exact) mass is 247 g/mol. The van der Waals surface area contributed by atoms with Crippen LogP contribution in [0.4, 0.5) is 8.78 Å². The number of aliphatic hydroxyl groups is 1. The summed E-state index contributed by atoms with van der Waals surface area (Å²) in [6.45, 7) is 1.63. The lowest BCUT2D eigenvalue weighted by atomic mass is 10.2. The van der Waals surface area contributed by atoms with Gasteiger partial charge in [0.2, 0.25) is 0 Å². The Hall–Kier alpha value is -0.650. The van der Waals surface area contributed by atoms with Crippen molar-refractivity contribution >= 4 is 11.8 Å². The molecule has 0 atom stereocenters. The minimum atomic E-state index is -2.37. The highest BCUT2D eigenvalue weighted by Gasteiger charge is 2.04. The number of rotatable bonds is 7. The maximum atomic E-state index is 12.0. The van der Waals surface area contributed by atoms with E-state index in [0.717, 1.165) is 18.5 Å². The molecule has 0 aromatic heterocycles. The van der Waals surface area contributed by atoms with E-state index < -0.39 is 5.76 Å². The number of halogens is 2. The lowest BCUT2D eigenvalue weighted by Gasteiger charge is -2.05. The highest BCUT2D eigenvalue weighted by molar-refractivity contribution is 7.99. The van der Waals surface area contributed by atoms with Gasteiger partial charge in [0.1, 0.15) is 0 Å². The van der Waals surface area contributed by atoms with E-state index in [4.69, 9.17) is 5.11 Å². The second kappa shape index (κ2) is 7.60. The Morgan fingerprint density at radius 2 is 1.94 bits per heavy atom. The molecule has 0 saturated heterocycles. The normalized spacial score (nSPS) is 11.0. The zero-order chi connectivity index (χ0) is 11.8. The molecule has 0 aliphatic carbocycles. The van der Waals surface area contributed by atoms with E-state index in [1.54, 1.807) is 12.1 Å². The van der Waals surface area contributed by atoms with Gasteiger partial charge in [0.05, 0.1) is 0 Å². The van der Waals surface area contributed by atoms with E-state index in [2.05, 4.69) is 5.32 Å². The number of benzene rings is 1. The number of hydrogen-bond acceptors (Lipinski definition) is 3. The molecule has 0 radical (unpaired) electrons. The van der Waals surface area contributed by atoms with Gasteiger partial charge in [0.25, 0.3) is 5.76 Å². The Bertz CT molecular complexity index is 293. The SMILES string of the molecule is OCCCNCc1ccc(SC(F)F)cc1. The summed E-state index contributed by atoms with van der Waals surface area (Å²) in [5.74, 6) is -2.37. The maximum absolute atomic E-state index is 12.0. The van der Waals surface area contributed by atoms with Gasteiger partial charge in [-0.15, -0.1) is 0 Å². The predicted molar refractivity (Wildman–Crippen MR) is 61.7 cm³/mol. The van der Waals surface area contributed by atoms with E-state index in [0.29, 0.717) is 23.2 Å². The Morgan fingerprint density at radius 3 is 2.50 bits per heavy atom. The minimum Gasteiger partial charge on any atom is -0.396 e. The molecule has 0 bridgehead atoms. The molecule has 5 heteroatoms. The zero-order valence-electron chi connectivity index (χ0n) is 8.83. The number of alkyl halides is 2. The standard InChI is InChI=1S/C11H15F2NOS/c12-11(13)16-10-4-2-9(3-5-10)8-14-6-1-7-15/h2-5,11,14-15H,1,6-8H2. The Morgan fingerprint density at radius 1 is 1.25 bits per heavy atom. The van der Waals surface area contributed by atoms with E-state index in [9.17, 15) is 8.78 Å². The molecule has 0 aliphatic heterocycles. The van der Waals surface area contributed by atoms with Gasteiger partial charge >= 0.3 is 0 Å². The molecule has 0 aliphatic rings. The van der Waals surface area contributed by atoms with Gasteiger partial charge in [-0.1, -0.05) is 23.9 Å². The summed E-state index contributed by atoms with van der Waals surface area (Å²) in [5, 5.41) is 11.7. The van der Waals surface area contributed by atoms with Crippen molar-refractivity contribution in [2.24, 2.45) is 0 Å². The van der Waals surface area contributed by atoms with Crippen LogP contribution in [-0.2, 0) is 6.54 Å². The minimum absolute atomic E-state index is 0.178. The molecule has 16 heavy (non-hydrogen) atoms. The summed E-state index contributed by atoms with van der Waals surface area (Å²) in [6, 6.07) is 7.05. The van der Waals surface area contributed by atoms with E-state index in [1.807, 2.05) is 12.1 Å². The molecular formula is C11H15F2NOS. The van der Waals surface area contributed by atoms with E-state index >= 15 is 0 Å². The van der Waals surface area contributed by atoms with Gasteiger partial charge < -0.3 is 10.4 Å². The summed E-state index contributed by atoms with van der Waals surface area (Å²) in [6.07, 6.45) is 0.722. The van der Waals surface area contributed by atoms with Crippen molar-refractivity contribution in [2.75, 3.05) is 13.2 Å². The molecule has 90 valence electrons. The Labute approximate surface area is 98.1 Å². The summed E-state index contributed by atoms with van der Waals surface area (Å²) in [5.41, 5.74) is 1.05. The van der Waals surface area contributed by atoms with Gasteiger partial charge in [0, 0.05) is 18.0 Å². The largest absolute Gasteiger partial charge is 0.396 e. The molecule has 0 heterocycles. The average molecular weight is 247 g/mol. The fourth-order valence-electron chi connectivity index (χ4n) is 1.23. The molecule has 0 spiro atoms. The molecule has 1 aromatic rings. The summed E-state index contributed by atoms with van der Waals surface area (Å²) in [4.78, 5) is 0.578. The summed E-state index contributed by atoms with van der Waals surface area (Å²) < 4.78 is 24.1. The second-order valence-corrected chi connectivity index (χ2v) is 4.34. The van der Waals surface area contributed by atoms with Crippen LogP contribution in [0, 0.1) is 0 Å². The highest BCUT2D eigenvalue weighted by atomic mass is 32.2. The number of thioether (sulfide) groups is 1. The third-order valence-corrected chi connectivity index (χ3v) is 2.71. The van der Waals surface area contributed by atoms with Crippen LogP contribution < -0.4 is 5.32 Å². The first-order chi connectivity index (χ1) is 7.72. The van der Waals surface area contributed by atoms with Crippen molar-refractivity contribution in [3.05, 3.63) is 29.8 Å². The maximum Gasteiger partial charge on any atom is 0.288 e. The Kier molecular flexibility index (Phi) is 6.37. The van der Waals surface area contributed by atoms with Crippen LogP contribution in [-0.4, -0.2) is 24.0 Å². The van der Waals surface area contributed by atoms with E-state index in [1.165, 1.54) is 0 Å². The van der Waals surface area contributed by atoms with Gasteiger partial charge in [-0.25, -0.2) is 0 Å². The molecule has 1 rings (SSSR count). The van der Waals surface area contributed by atoms with Crippen molar-refractivity contribution in [1.29, 1.82) is 0 Å². The van der Waals surface area contributed by atoms with Gasteiger partial charge in [0.15, 0.2) is 0 Å². The van der Waals surface area contributed by atoms with Gasteiger partial charge in [-0.3, -0.25) is 0 Å². The molecule has 0 unspecified atom stereocenters. The quantitative estimate of drug-likeness (QED) is 0.573. The lowest BCUT2D eigenvalue weighted by molar-refractivity contribution is 0.252. The molecule has 2 N–H and O–H groups in total. The van der Waals surface area contributed by atoms with E-state index in [-0.39, 0.29) is 6.61 Å². The van der Waals surface area contributed by atoms with Crippen LogP contribution in [0.25, 0.3) is 0 Å². The second-order valence-electron chi connectivity index (χ2n) is 3.28. The fraction of sp³-hybridized carbons (Fsp3) is 0.455. The van der Waals surface area contributed by atoms with Gasteiger partial charge in [-0.2, -0.15) is 8.78 Å². The molecule has 1 aromatic carbocycles. The number of hydrogen-bond donors (Lipinski definition) is 2. The van der Waals surface area contributed by atoms with Crippen LogP contribution in [0.15, 0.2) is 29.2 Å². The highest BCUT2D eigenvalue weighted by Crippen LogP contribution is 2.24. The third-order valence-electron chi connectivity index (χ3n) is 1.99. The average Bonchev–Trinajstić information content (AvgIpc) is 2.26. The smallest absolute Gasteiger partial charge is 0.288 e. The Balaban J connectivity index is 2.33. The molecule has 0 fully saturated rings. The molecule has 0 saturated carbocycles. The first kappa shape index (κ1) is 13.4. The van der Waals surface area contributed by atoms with Gasteiger partial charge in [-0.05, 0) is 30.7 Å². The van der Waals surface area contributed by atoms with Crippen molar-refractivity contribution in [3.8, 4) is 0 Å².